The maximum atomic E-state index is 10.6. The second kappa shape index (κ2) is 4.97. The van der Waals surface area contributed by atoms with Crippen molar-refractivity contribution < 1.29 is 4.92 Å². The van der Waals surface area contributed by atoms with E-state index in [1.54, 1.807) is 12.3 Å². The number of hydrogen-bond donors (Lipinski definition) is 1. The summed E-state index contributed by atoms with van der Waals surface area (Å²) in [4.78, 5) is 21.9. The summed E-state index contributed by atoms with van der Waals surface area (Å²) in [6.07, 6.45) is 4.46. The highest BCUT2D eigenvalue weighted by molar-refractivity contribution is 5.44. The highest BCUT2D eigenvalue weighted by Crippen LogP contribution is 2.14. The monoisotopic (exact) mass is 231 g/mol. The molecule has 7 heteroatoms. The third kappa shape index (κ3) is 2.94. The van der Waals surface area contributed by atoms with Gasteiger partial charge in [-0.05, 0) is 6.07 Å². The largest absolute Gasteiger partial charge is 0.364 e. The fraction of sp³-hybridized carbons (Fsp3) is 0.100. The summed E-state index contributed by atoms with van der Waals surface area (Å²) < 4.78 is 0. The summed E-state index contributed by atoms with van der Waals surface area (Å²) in [6, 6.07) is 4.47. The average molecular weight is 231 g/mol. The molecule has 0 radical (unpaired) electrons. The minimum Gasteiger partial charge on any atom is -0.364 e. The second-order valence-electron chi connectivity index (χ2n) is 3.21. The van der Waals surface area contributed by atoms with Crippen molar-refractivity contribution in [2.45, 2.75) is 6.54 Å². The topological polar surface area (TPSA) is 93.8 Å². The molecule has 0 bridgehead atoms. The van der Waals surface area contributed by atoms with Gasteiger partial charge < -0.3 is 5.32 Å². The van der Waals surface area contributed by atoms with Crippen molar-refractivity contribution in [2.75, 3.05) is 5.32 Å². The van der Waals surface area contributed by atoms with Gasteiger partial charge in [0.15, 0.2) is 0 Å². The van der Waals surface area contributed by atoms with Gasteiger partial charge in [0.25, 0.3) is 5.69 Å². The van der Waals surface area contributed by atoms with Gasteiger partial charge in [-0.15, -0.1) is 0 Å². The summed E-state index contributed by atoms with van der Waals surface area (Å²) in [5.41, 5.74) is 0.790. The van der Waals surface area contributed by atoms with Crippen LogP contribution in [0.5, 0.6) is 0 Å². The molecule has 7 nitrogen and oxygen atoms in total. The van der Waals surface area contributed by atoms with Gasteiger partial charge in [0, 0.05) is 18.5 Å². The van der Waals surface area contributed by atoms with Gasteiger partial charge in [-0.25, -0.2) is 15.0 Å². The van der Waals surface area contributed by atoms with E-state index >= 15 is 0 Å². The summed E-state index contributed by atoms with van der Waals surface area (Å²) >= 11 is 0. The minimum absolute atomic E-state index is 0.00480. The van der Waals surface area contributed by atoms with Crippen LogP contribution in [0.2, 0.25) is 0 Å². The van der Waals surface area contributed by atoms with Gasteiger partial charge in [0.05, 0.1) is 23.2 Å². The number of aromatic nitrogens is 3. The van der Waals surface area contributed by atoms with Crippen LogP contribution in [-0.2, 0) is 6.54 Å². The molecule has 0 amide bonds. The number of nitrogens with zero attached hydrogens (tertiary/aromatic N) is 4. The summed E-state index contributed by atoms with van der Waals surface area (Å²) in [5, 5.41) is 13.5. The fourth-order valence-electron chi connectivity index (χ4n) is 1.23. The van der Waals surface area contributed by atoms with E-state index in [-0.39, 0.29) is 5.69 Å². The van der Waals surface area contributed by atoms with Crippen LogP contribution in [0.4, 0.5) is 11.5 Å². The molecule has 0 unspecified atom stereocenters. The van der Waals surface area contributed by atoms with Crippen molar-refractivity contribution in [3.05, 3.63) is 52.7 Å². The molecule has 2 aromatic rings. The SMILES string of the molecule is O=[N+]([O-])c1ccnc(NCc2ccncn2)c1. The zero-order valence-electron chi connectivity index (χ0n) is 8.78. The van der Waals surface area contributed by atoms with E-state index in [1.165, 1.54) is 24.7 Å². The van der Waals surface area contributed by atoms with E-state index in [0.29, 0.717) is 12.4 Å². The smallest absolute Gasteiger partial charge is 0.274 e. The number of hydrogen-bond acceptors (Lipinski definition) is 6. The van der Waals surface area contributed by atoms with Crippen molar-refractivity contribution in [1.29, 1.82) is 0 Å². The summed E-state index contributed by atoms with van der Waals surface area (Å²) in [5.74, 6) is 0.442. The average Bonchev–Trinajstić information content (AvgIpc) is 2.38. The third-order valence-corrected chi connectivity index (χ3v) is 2.05. The molecule has 0 saturated carbocycles. The first-order chi connectivity index (χ1) is 8.25. The Labute approximate surface area is 96.7 Å². The van der Waals surface area contributed by atoms with Crippen molar-refractivity contribution in [2.24, 2.45) is 0 Å². The molecule has 0 aliphatic carbocycles. The van der Waals surface area contributed by atoms with Gasteiger partial charge in [-0.3, -0.25) is 10.1 Å². The molecule has 0 aliphatic rings. The van der Waals surface area contributed by atoms with Crippen LogP contribution in [0.15, 0.2) is 36.9 Å². The molecular formula is C10H9N5O2. The Bertz CT molecular complexity index is 517. The Balaban J connectivity index is 2.04. The van der Waals surface area contributed by atoms with Crippen molar-refractivity contribution in [3.63, 3.8) is 0 Å². The lowest BCUT2D eigenvalue weighted by Gasteiger charge is -2.03. The van der Waals surface area contributed by atoms with E-state index in [2.05, 4.69) is 20.3 Å². The molecule has 2 heterocycles. The Morgan fingerprint density at radius 1 is 1.29 bits per heavy atom. The van der Waals surface area contributed by atoms with Gasteiger partial charge in [0.2, 0.25) is 0 Å². The fourth-order valence-corrected chi connectivity index (χ4v) is 1.23. The standard InChI is InChI=1S/C10H9N5O2/c16-15(17)9-2-4-12-10(5-9)13-6-8-1-3-11-7-14-8/h1-5,7H,6H2,(H,12,13). The van der Waals surface area contributed by atoms with Crippen molar-refractivity contribution >= 4 is 11.5 Å². The second-order valence-corrected chi connectivity index (χ2v) is 3.21. The van der Waals surface area contributed by atoms with Crippen LogP contribution in [0, 0.1) is 10.1 Å². The zero-order chi connectivity index (χ0) is 12.1. The number of pyridine rings is 1. The van der Waals surface area contributed by atoms with Gasteiger partial charge in [0.1, 0.15) is 12.1 Å². The Morgan fingerprint density at radius 2 is 2.18 bits per heavy atom. The number of rotatable bonds is 4. The zero-order valence-corrected chi connectivity index (χ0v) is 8.78. The van der Waals surface area contributed by atoms with Crippen LogP contribution >= 0.6 is 0 Å². The van der Waals surface area contributed by atoms with E-state index in [9.17, 15) is 10.1 Å². The summed E-state index contributed by atoms with van der Waals surface area (Å²) in [7, 11) is 0. The minimum atomic E-state index is -0.461. The normalized spacial score (nSPS) is 9.88. The molecule has 2 rings (SSSR count). The molecule has 0 fully saturated rings. The lowest BCUT2D eigenvalue weighted by Crippen LogP contribution is -2.03. The van der Waals surface area contributed by atoms with Gasteiger partial charge in [-0.1, -0.05) is 0 Å². The lowest BCUT2D eigenvalue weighted by atomic mass is 10.3. The van der Waals surface area contributed by atoms with Gasteiger partial charge in [-0.2, -0.15) is 0 Å². The first kappa shape index (κ1) is 10.9. The maximum Gasteiger partial charge on any atom is 0.274 e. The Morgan fingerprint density at radius 3 is 2.88 bits per heavy atom. The molecule has 0 atom stereocenters. The van der Waals surface area contributed by atoms with Crippen LogP contribution in [0.3, 0.4) is 0 Å². The lowest BCUT2D eigenvalue weighted by molar-refractivity contribution is -0.384. The molecule has 86 valence electrons. The quantitative estimate of drug-likeness (QED) is 0.631. The van der Waals surface area contributed by atoms with E-state index < -0.39 is 4.92 Å². The van der Waals surface area contributed by atoms with Crippen LogP contribution in [0.1, 0.15) is 5.69 Å². The van der Waals surface area contributed by atoms with Crippen LogP contribution in [0.25, 0.3) is 0 Å². The Hall–Kier alpha value is -2.57. The molecular weight excluding hydrogens is 222 g/mol. The van der Waals surface area contributed by atoms with E-state index in [4.69, 9.17) is 0 Å². The maximum absolute atomic E-state index is 10.6. The molecule has 1 N–H and O–H groups in total. The number of nitro groups is 1. The molecule has 17 heavy (non-hydrogen) atoms. The number of anilines is 1. The highest BCUT2D eigenvalue weighted by atomic mass is 16.6. The first-order valence-electron chi connectivity index (χ1n) is 4.85. The van der Waals surface area contributed by atoms with Crippen molar-refractivity contribution in [1.82, 2.24) is 15.0 Å². The predicted octanol–water partition coefficient (Wildman–Crippen LogP) is 1.39. The van der Waals surface area contributed by atoms with Crippen molar-refractivity contribution in [3.8, 4) is 0 Å². The Kier molecular flexibility index (Phi) is 3.20. The molecule has 2 aromatic heterocycles. The highest BCUT2D eigenvalue weighted by Gasteiger charge is 2.06. The molecule has 0 spiro atoms. The van der Waals surface area contributed by atoms with E-state index in [0.717, 1.165) is 5.69 Å². The van der Waals surface area contributed by atoms with Gasteiger partial charge >= 0.3 is 0 Å². The van der Waals surface area contributed by atoms with Crippen LogP contribution in [-0.4, -0.2) is 19.9 Å². The molecule has 0 aliphatic heterocycles. The molecule has 0 aromatic carbocycles. The van der Waals surface area contributed by atoms with Crippen LogP contribution < -0.4 is 5.32 Å². The molecule has 0 saturated heterocycles. The summed E-state index contributed by atoms with van der Waals surface area (Å²) in [6.45, 7) is 0.441. The third-order valence-electron chi connectivity index (χ3n) is 2.05. The number of nitrogens with one attached hydrogen (secondary N) is 1. The predicted molar refractivity (Wildman–Crippen MR) is 60.3 cm³/mol. The van der Waals surface area contributed by atoms with E-state index in [1.807, 2.05) is 0 Å². The first-order valence-corrected chi connectivity index (χ1v) is 4.85.